The summed E-state index contributed by atoms with van der Waals surface area (Å²) in [5.74, 6) is -2.44. The van der Waals surface area contributed by atoms with Gasteiger partial charge in [0.05, 0.1) is 0 Å². The number of halogens is 6. The molecular formula is C10H12F6O. The van der Waals surface area contributed by atoms with Crippen LogP contribution in [-0.4, -0.2) is 23.1 Å². The van der Waals surface area contributed by atoms with Gasteiger partial charge in [0, 0.05) is 5.92 Å². The standard InChI is InChI=1S/C10H12F6O/c11-9(12,13)8(17,10(14,15)16)7-4-2-5-1-3-6(5)7/h5-7,17H,1-4H2. The second-order valence-corrected chi connectivity index (χ2v) is 4.95. The first kappa shape index (κ1) is 13.0. The number of hydrogen-bond donors (Lipinski definition) is 1. The fraction of sp³-hybridized carbons (Fsp3) is 1.00. The van der Waals surface area contributed by atoms with Crippen LogP contribution in [0.25, 0.3) is 0 Å². The summed E-state index contributed by atoms with van der Waals surface area (Å²) >= 11 is 0. The Hall–Kier alpha value is -0.460. The highest BCUT2D eigenvalue weighted by Crippen LogP contribution is 2.60. The maximum Gasteiger partial charge on any atom is 0.426 e. The SMILES string of the molecule is OC(C1CCC2CCC21)(C(F)(F)F)C(F)(F)F. The summed E-state index contributed by atoms with van der Waals surface area (Å²) < 4.78 is 75.6. The first-order chi connectivity index (χ1) is 7.59. The van der Waals surface area contributed by atoms with Crippen LogP contribution in [0.3, 0.4) is 0 Å². The summed E-state index contributed by atoms with van der Waals surface area (Å²) in [6.45, 7) is 0. The van der Waals surface area contributed by atoms with Crippen molar-refractivity contribution in [1.29, 1.82) is 0 Å². The normalized spacial score (nSPS) is 34.4. The molecule has 2 aliphatic carbocycles. The monoisotopic (exact) mass is 262 g/mol. The molecule has 2 fully saturated rings. The van der Waals surface area contributed by atoms with Gasteiger partial charge >= 0.3 is 12.4 Å². The molecule has 2 rings (SSSR count). The third kappa shape index (κ3) is 1.65. The van der Waals surface area contributed by atoms with Crippen LogP contribution in [0.1, 0.15) is 25.7 Å². The first-order valence-electron chi connectivity index (χ1n) is 5.45. The lowest BCUT2D eigenvalue weighted by molar-refractivity contribution is -0.389. The Morgan fingerprint density at radius 2 is 1.24 bits per heavy atom. The predicted molar refractivity (Wildman–Crippen MR) is 46.0 cm³/mol. The van der Waals surface area contributed by atoms with E-state index in [2.05, 4.69) is 0 Å². The maximum absolute atomic E-state index is 12.6. The molecule has 0 aliphatic heterocycles. The van der Waals surface area contributed by atoms with Crippen LogP contribution in [-0.2, 0) is 0 Å². The molecule has 0 bridgehead atoms. The molecule has 0 saturated heterocycles. The summed E-state index contributed by atoms with van der Waals surface area (Å²) in [4.78, 5) is 0. The van der Waals surface area contributed by atoms with E-state index in [-0.39, 0.29) is 12.3 Å². The maximum atomic E-state index is 12.6. The van der Waals surface area contributed by atoms with Crippen molar-refractivity contribution in [3.8, 4) is 0 Å². The molecule has 0 amide bonds. The number of hydrogen-bond acceptors (Lipinski definition) is 1. The molecule has 3 atom stereocenters. The largest absolute Gasteiger partial charge is 0.426 e. The van der Waals surface area contributed by atoms with Gasteiger partial charge in [-0.15, -0.1) is 0 Å². The molecule has 2 aliphatic rings. The fourth-order valence-electron chi connectivity index (χ4n) is 3.19. The van der Waals surface area contributed by atoms with Gasteiger partial charge in [-0.2, -0.15) is 26.3 Å². The van der Waals surface area contributed by atoms with Gasteiger partial charge in [-0.3, -0.25) is 0 Å². The van der Waals surface area contributed by atoms with E-state index >= 15 is 0 Å². The molecule has 1 N–H and O–H groups in total. The molecule has 0 aromatic rings. The van der Waals surface area contributed by atoms with Crippen molar-refractivity contribution in [2.24, 2.45) is 17.8 Å². The average molecular weight is 262 g/mol. The second-order valence-electron chi connectivity index (χ2n) is 4.95. The Balaban J connectivity index is 2.35. The molecule has 100 valence electrons. The van der Waals surface area contributed by atoms with Crippen LogP contribution in [0, 0.1) is 17.8 Å². The van der Waals surface area contributed by atoms with Gasteiger partial charge in [-0.25, -0.2) is 0 Å². The summed E-state index contributed by atoms with van der Waals surface area (Å²) in [6.07, 6.45) is -10.2. The van der Waals surface area contributed by atoms with Crippen molar-refractivity contribution in [3.63, 3.8) is 0 Å². The highest BCUT2D eigenvalue weighted by molar-refractivity contribution is 5.07. The third-order valence-electron chi connectivity index (χ3n) is 4.24. The zero-order chi connectivity index (χ0) is 13.1. The van der Waals surface area contributed by atoms with E-state index < -0.39 is 29.8 Å². The van der Waals surface area contributed by atoms with Crippen LogP contribution in [0.4, 0.5) is 26.3 Å². The van der Waals surface area contributed by atoms with Crippen LogP contribution >= 0.6 is 0 Å². The highest BCUT2D eigenvalue weighted by atomic mass is 19.4. The Bertz CT molecular complexity index is 293. The fourth-order valence-corrected chi connectivity index (χ4v) is 3.19. The highest BCUT2D eigenvalue weighted by Gasteiger charge is 2.76. The molecular weight excluding hydrogens is 250 g/mol. The van der Waals surface area contributed by atoms with Crippen LogP contribution in [0.15, 0.2) is 0 Å². The van der Waals surface area contributed by atoms with Crippen molar-refractivity contribution >= 4 is 0 Å². The molecule has 0 radical (unpaired) electrons. The average Bonchev–Trinajstić information content (AvgIpc) is 2.36. The predicted octanol–water partition coefficient (Wildman–Crippen LogP) is 3.28. The molecule has 0 spiro atoms. The van der Waals surface area contributed by atoms with Crippen molar-refractivity contribution in [3.05, 3.63) is 0 Å². The van der Waals surface area contributed by atoms with Crippen LogP contribution < -0.4 is 0 Å². The number of aliphatic hydroxyl groups is 1. The van der Waals surface area contributed by atoms with Gasteiger partial charge in [0.2, 0.25) is 0 Å². The van der Waals surface area contributed by atoms with Crippen LogP contribution in [0.5, 0.6) is 0 Å². The van der Waals surface area contributed by atoms with Gasteiger partial charge in [-0.1, -0.05) is 0 Å². The van der Waals surface area contributed by atoms with Gasteiger partial charge in [0.15, 0.2) is 0 Å². The van der Waals surface area contributed by atoms with E-state index in [0.29, 0.717) is 19.3 Å². The Morgan fingerprint density at radius 1 is 0.765 bits per heavy atom. The van der Waals surface area contributed by atoms with Crippen molar-refractivity contribution in [2.75, 3.05) is 0 Å². The Morgan fingerprint density at radius 3 is 1.53 bits per heavy atom. The quantitative estimate of drug-likeness (QED) is 0.719. The van der Waals surface area contributed by atoms with Crippen LogP contribution in [0.2, 0.25) is 0 Å². The Kier molecular flexibility index (Phi) is 2.69. The van der Waals surface area contributed by atoms with E-state index in [1.165, 1.54) is 0 Å². The topological polar surface area (TPSA) is 20.2 Å². The third-order valence-corrected chi connectivity index (χ3v) is 4.24. The molecule has 0 aromatic carbocycles. The number of alkyl halides is 6. The summed E-state index contributed by atoms with van der Waals surface area (Å²) in [7, 11) is 0. The number of rotatable bonds is 1. The van der Waals surface area contributed by atoms with E-state index in [0.717, 1.165) is 0 Å². The summed E-state index contributed by atoms with van der Waals surface area (Å²) in [5.41, 5.74) is -4.54. The van der Waals surface area contributed by atoms with Gasteiger partial charge in [0.1, 0.15) is 0 Å². The second kappa shape index (κ2) is 3.52. The molecule has 17 heavy (non-hydrogen) atoms. The lowest BCUT2D eigenvalue weighted by atomic mass is 9.67. The first-order valence-corrected chi connectivity index (χ1v) is 5.45. The summed E-state index contributed by atoms with van der Waals surface area (Å²) in [6, 6.07) is 0. The molecule has 3 unspecified atom stereocenters. The molecule has 0 heterocycles. The summed E-state index contributed by atoms with van der Waals surface area (Å²) in [5, 5.41) is 9.26. The smallest absolute Gasteiger partial charge is 0.373 e. The zero-order valence-corrected chi connectivity index (χ0v) is 8.78. The van der Waals surface area contributed by atoms with E-state index in [1.54, 1.807) is 0 Å². The van der Waals surface area contributed by atoms with Crippen molar-refractivity contribution in [2.45, 2.75) is 43.6 Å². The van der Waals surface area contributed by atoms with E-state index in [1.807, 2.05) is 0 Å². The molecule has 2 saturated carbocycles. The minimum absolute atomic E-state index is 0.0729. The minimum atomic E-state index is -5.67. The molecule has 7 heteroatoms. The van der Waals surface area contributed by atoms with E-state index in [4.69, 9.17) is 0 Å². The minimum Gasteiger partial charge on any atom is -0.373 e. The molecule has 0 aromatic heterocycles. The number of fused-ring (bicyclic) bond motifs is 1. The van der Waals surface area contributed by atoms with Gasteiger partial charge < -0.3 is 5.11 Å². The molecule has 1 nitrogen and oxygen atoms in total. The lowest BCUT2D eigenvalue weighted by Gasteiger charge is -2.43. The zero-order valence-electron chi connectivity index (χ0n) is 8.78. The van der Waals surface area contributed by atoms with E-state index in [9.17, 15) is 31.4 Å². The lowest BCUT2D eigenvalue weighted by Crippen LogP contribution is -2.63. The Labute approximate surface area is 93.8 Å². The van der Waals surface area contributed by atoms with Crippen molar-refractivity contribution in [1.82, 2.24) is 0 Å². The van der Waals surface area contributed by atoms with Gasteiger partial charge in [-0.05, 0) is 37.5 Å². The van der Waals surface area contributed by atoms with Crippen molar-refractivity contribution < 1.29 is 31.4 Å². The van der Waals surface area contributed by atoms with Gasteiger partial charge in [0.25, 0.3) is 5.60 Å².